The molecule has 3 aromatic rings. The minimum Gasteiger partial charge on any atom is -0.507 e. The molecule has 0 atom stereocenters. The predicted octanol–water partition coefficient (Wildman–Crippen LogP) is 4.69. The molecule has 0 bridgehead atoms. The molecule has 2 aromatic carbocycles. The van der Waals surface area contributed by atoms with E-state index in [0.717, 1.165) is 60.3 Å². The molecule has 31 heavy (non-hydrogen) atoms. The van der Waals surface area contributed by atoms with Gasteiger partial charge < -0.3 is 19.7 Å². The lowest BCUT2D eigenvalue weighted by molar-refractivity contribution is 0.296. The van der Waals surface area contributed by atoms with E-state index in [4.69, 9.17) is 9.47 Å². The van der Waals surface area contributed by atoms with Crippen molar-refractivity contribution < 1.29 is 14.6 Å². The highest BCUT2D eigenvalue weighted by Gasteiger charge is 2.19. The smallest absolute Gasteiger partial charge is 0.127 e. The zero-order valence-corrected chi connectivity index (χ0v) is 18.8. The number of tetrazole rings is 1. The Morgan fingerprint density at radius 1 is 1.06 bits per heavy atom. The summed E-state index contributed by atoms with van der Waals surface area (Å²) < 4.78 is 11.2. The van der Waals surface area contributed by atoms with Crippen LogP contribution in [-0.2, 0) is 11.8 Å². The highest BCUT2D eigenvalue weighted by Crippen LogP contribution is 2.36. The summed E-state index contributed by atoms with van der Waals surface area (Å²) in [5, 5.41) is 25.7. The molecule has 0 fully saturated rings. The van der Waals surface area contributed by atoms with Gasteiger partial charge in [-0.1, -0.05) is 45.7 Å². The molecule has 0 amide bonds. The number of unbranched alkanes of at least 4 members (excludes halogenated alkanes) is 2. The van der Waals surface area contributed by atoms with E-state index in [1.807, 2.05) is 30.3 Å². The van der Waals surface area contributed by atoms with Crippen molar-refractivity contribution in [3.8, 4) is 28.4 Å². The summed E-state index contributed by atoms with van der Waals surface area (Å²) in [6, 6.07) is 11.4. The molecular weight excluding hydrogens is 392 g/mol. The highest BCUT2D eigenvalue weighted by atomic mass is 16.5. The molecule has 166 valence electrons. The molecular formula is C24H31N4O3-. The Hall–Kier alpha value is -3.09. The Labute approximate surface area is 183 Å². The molecule has 0 spiro atoms. The Morgan fingerprint density at radius 2 is 1.84 bits per heavy atom. The van der Waals surface area contributed by atoms with E-state index in [2.05, 4.69) is 41.4 Å². The number of hydrogen-bond donors (Lipinski definition) is 1. The van der Waals surface area contributed by atoms with Crippen molar-refractivity contribution in [3.05, 3.63) is 47.8 Å². The van der Waals surface area contributed by atoms with Crippen molar-refractivity contribution in [1.82, 2.24) is 20.6 Å². The van der Waals surface area contributed by atoms with E-state index in [9.17, 15) is 5.11 Å². The van der Waals surface area contributed by atoms with Crippen molar-refractivity contribution in [1.29, 1.82) is 0 Å². The van der Waals surface area contributed by atoms with Crippen molar-refractivity contribution >= 4 is 0 Å². The van der Waals surface area contributed by atoms with Gasteiger partial charge in [-0.15, -0.1) is 0 Å². The number of ether oxygens (including phenoxy) is 2. The number of hydrogen-bond acceptors (Lipinski definition) is 6. The van der Waals surface area contributed by atoms with Crippen molar-refractivity contribution in [2.75, 3.05) is 13.7 Å². The number of phenolic OH excluding ortho intramolecular Hbond substituents is 1. The second kappa shape index (κ2) is 10.3. The van der Waals surface area contributed by atoms with Crippen LogP contribution in [0.4, 0.5) is 0 Å². The average Bonchev–Trinajstić information content (AvgIpc) is 3.32. The molecule has 1 aromatic heterocycles. The normalized spacial score (nSPS) is 11.5. The van der Waals surface area contributed by atoms with Crippen LogP contribution in [0.25, 0.3) is 11.1 Å². The number of aromatic hydroxyl groups is 1. The molecule has 0 radical (unpaired) electrons. The van der Waals surface area contributed by atoms with Gasteiger partial charge in [0.25, 0.3) is 0 Å². The molecule has 1 N–H and O–H groups in total. The second-order valence-electron chi connectivity index (χ2n) is 8.30. The molecule has 1 heterocycles. The zero-order chi connectivity index (χ0) is 22.3. The molecule has 7 nitrogen and oxygen atoms in total. The third kappa shape index (κ3) is 5.75. The molecule has 0 unspecified atom stereocenters. The number of benzene rings is 2. The molecule has 0 saturated carbocycles. The first-order valence-corrected chi connectivity index (χ1v) is 10.8. The maximum atomic E-state index is 10.6. The summed E-state index contributed by atoms with van der Waals surface area (Å²) >= 11 is 0. The van der Waals surface area contributed by atoms with Crippen LogP contribution in [0.1, 0.15) is 57.8 Å². The van der Waals surface area contributed by atoms with Gasteiger partial charge in [0.05, 0.1) is 13.7 Å². The summed E-state index contributed by atoms with van der Waals surface area (Å²) in [5.41, 5.74) is 2.70. The van der Waals surface area contributed by atoms with E-state index in [0.29, 0.717) is 12.4 Å². The van der Waals surface area contributed by atoms with E-state index >= 15 is 0 Å². The molecule has 0 aliphatic heterocycles. The predicted molar refractivity (Wildman–Crippen MR) is 120 cm³/mol. The summed E-state index contributed by atoms with van der Waals surface area (Å²) in [7, 11) is 1.64. The van der Waals surface area contributed by atoms with Crippen LogP contribution in [0.3, 0.4) is 0 Å². The highest BCUT2D eigenvalue weighted by molar-refractivity contribution is 5.73. The fourth-order valence-electron chi connectivity index (χ4n) is 3.58. The van der Waals surface area contributed by atoms with Gasteiger partial charge in [0.2, 0.25) is 0 Å². The van der Waals surface area contributed by atoms with Crippen molar-refractivity contribution in [2.24, 2.45) is 0 Å². The van der Waals surface area contributed by atoms with Gasteiger partial charge in [0.1, 0.15) is 17.2 Å². The molecule has 0 saturated heterocycles. The van der Waals surface area contributed by atoms with Crippen LogP contribution >= 0.6 is 0 Å². The molecule has 7 heteroatoms. The standard InChI is InChI=1S/C24H31N4O3/c1-5-17-15-20(18-9-11-19(30-4)12-10-18)21(29)16-22(17)31-14-8-6-7-13-24(2,3)23-25-27-28-26-23/h9-12,15-16H,5-8,13-14H2,1-4H3,(H-,25,26,27,28,29)/q-1. The minimum atomic E-state index is -0.122. The number of rotatable bonds is 11. The third-order valence-corrected chi connectivity index (χ3v) is 5.59. The Bertz CT molecular complexity index is 954. The largest absolute Gasteiger partial charge is 0.507 e. The Balaban J connectivity index is 1.53. The van der Waals surface area contributed by atoms with E-state index in [1.54, 1.807) is 13.2 Å². The second-order valence-corrected chi connectivity index (χ2v) is 8.30. The van der Waals surface area contributed by atoms with Gasteiger partial charge >= 0.3 is 0 Å². The summed E-state index contributed by atoms with van der Waals surface area (Å²) in [6.45, 7) is 6.94. The van der Waals surface area contributed by atoms with Crippen LogP contribution in [0.15, 0.2) is 36.4 Å². The lowest BCUT2D eigenvalue weighted by Gasteiger charge is -2.24. The van der Waals surface area contributed by atoms with Crippen LogP contribution in [0, 0.1) is 0 Å². The minimum absolute atomic E-state index is 0.122. The lowest BCUT2D eigenvalue weighted by Crippen LogP contribution is -2.20. The molecule has 0 aliphatic rings. The van der Waals surface area contributed by atoms with Crippen molar-refractivity contribution in [3.63, 3.8) is 0 Å². The third-order valence-electron chi connectivity index (χ3n) is 5.59. The van der Waals surface area contributed by atoms with Crippen LogP contribution in [0.5, 0.6) is 17.2 Å². The van der Waals surface area contributed by atoms with Crippen LogP contribution < -0.4 is 14.6 Å². The topological polar surface area (TPSA) is 91.5 Å². The van der Waals surface area contributed by atoms with Crippen molar-refractivity contribution in [2.45, 2.75) is 58.3 Å². The van der Waals surface area contributed by atoms with E-state index in [1.165, 1.54) is 0 Å². The fraction of sp³-hybridized carbons (Fsp3) is 0.458. The van der Waals surface area contributed by atoms with Crippen LogP contribution in [0.2, 0.25) is 0 Å². The lowest BCUT2D eigenvalue weighted by atomic mass is 9.86. The van der Waals surface area contributed by atoms with Crippen LogP contribution in [-0.4, -0.2) is 34.3 Å². The molecule has 0 aliphatic carbocycles. The average molecular weight is 424 g/mol. The number of phenols is 1. The van der Waals surface area contributed by atoms with Gasteiger partial charge in [-0.3, -0.25) is 10.3 Å². The maximum Gasteiger partial charge on any atom is 0.127 e. The van der Waals surface area contributed by atoms with E-state index in [-0.39, 0.29) is 11.2 Å². The van der Waals surface area contributed by atoms with E-state index < -0.39 is 0 Å². The van der Waals surface area contributed by atoms with Gasteiger partial charge in [0.15, 0.2) is 0 Å². The monoisotopic (exact) mass is 423 g/mol. The van der Waals surface area contributed by atoms with Gasteiger partial charge in [-0.05, 0) is 54.0 Å². The number of methoxy groups -OCH3 is 1. The van der Waals surface area contributed by atoms with Gasteiger partial charge in [-0.25, -0.2) is 0 Å². The summed E-state index contributed by atoms with van der Waals surface area (Å²) in [4.78, 5) is 0. The first kappa shape index (κ1) is 22.6. The maximum absolute atomic E-state index is 10.6. The Morgan fingerprint density at radius 3 is 2.48 bits per heavy atom. The SMILES string of the molecule is CCc1cc(-c2ccc(OC)cc2)c(O)cc1OCCCCCC(C)(C)c1nnn[n-]1. The number of aryl methyl sites for hydroxylation is 1. The summed E-state index contributed by atoms with van der Waals surface area (Å²) in [6.07, 6.45) is 4.83. The summed E-state index contributed by atoms with van der Waals surface area (Å²) in [5.74, 6) is 2.46. The Kier molecular flexibility index (Phi) is 7.50. The quantitative estimate of drug-likeness (QED) is 0.447. The first-order valence-electron chi connectivity index (χ1n) is 10.8. The number of nitrogens with zero attached hydrogens (tertiary/aromatic N) is 4. The molecule has 3 rings (SSSR count). The fourth-order valence-corrected chi connectivity index (χ4v) is 3.58. The zero-order valence-electron chi connectivity index (χ0n) is 18.8. The van der Waals surface area contributed by atoms with Gasteiger partial charge in [0, 0.05) is 17.5 Å². The van der Waals surface area contributed by atoms with Gasteiger partial charge in [-0.2, -0.15) is 5.21 Å². The first-order chi connectivity index (χ1) is 14.9. The number of aromatic nitrogens is 4.